The van der Waals surface area contributed by atoms with Gasteiger partial charge in [-0.2, -0.15) is 0 Å². The Hall–Kier alpha value is -2.30. The van der Waals surface area contributed by atoms with Gasteiger partial charge in [0.1, 0.15) is 11.6 Å². The summed E-state index contributed by atoms with van der Waals surface area (Å²) in [4.78, 5) is 15.9. The molecule has 2 N–H and O–H groups in total. The van der Waals surface area contributed by atoms with E-state index in [0.717, 1.165) is 22.3 Å². The number of hydrogen-bond acceptors (Lipinski definition) is 4. The first kappa shape index (κ1) is 15.1. The lowest BCUT2D eigenvalue weighted by atomic mass is 10.1. The van der Waals surface area contributed by atoms with Gasteiger partial charge in [0.25, 0.3) is 0 Å². The number of rotatable bonds is 6. The molecule has 1 aromatic heterocycles. The van der Waals surface area contributed by atoms with Crippen molar-refractivity contribution in [1.82, 2.24) is 10.3 Å². The highest BCUT2D eigenvalue weighted by Crippen LogP contribution is 2.25. The van der Waals surface area contributed by atoms with Crippen molar-refractivity contribution in [3.63, 3.8) is 0 Å². The van der Waals surface area contributed by atoms with Crippen LogP contribution in [0.3, 0.4) is 0 Å². The number of nitrogens with zero attached hydrogens (tertiary/aromatic N) is 1. The molecule has 112 valence electrons. The summed E-state index contributed by atoms with van der Waals surface area (Å²) in [5.74, 6) is 1.64. The fraction of sp³-hybridized carbons (Fsp3) is 0.375. The highest BCUT2D eigenvalue weighted by atomic mass is 16.5. The van der Waals surface area contributed by atoms with Gasteiger partial charge in [-0.05, 0) is 43.5 Å². The normalized spacial score (nSPS) is 10.7. The zero-order chi connectivity index (χ0) is 15.2. The zero-order valence-electron chi connectivity index (χ0n) is 12.6. The Kier molecular flexibility index (Phi) is 4.98. The van der Waals surface area contributed by atoms with Gasteiger partial charge in [-0.15, -0.1) is 0 Å². The molecular formula is C16H21N3O2. The van der Waals surface area contributed by atoms with E-state index in [9.17, 15) is 4.79 Å². The lowest BCUT2D eigenvalue weighted by Crippen LogP contribution is -2.31. The Morgan fingerprint density at radius 1 is 1.33 bits per heavy atom. The second kappa shape index (κ2) is 6.92. The number of nitrogens with one attached hydrogen (secondary N) is 2. The van der Waals surface area contributed by atoms with Crippen LogP contribution in [0.4, 0.5) is 5.82 Å². The lowest BCUT2D eigenvalue weighted by Gasteiger charge is -2.11. The van der Waals surface area contributed by atoms with E-state index in [1.54, 1.807) is 13.3 Å². The predicted molar refractivity (Wildman–Crippen MR) is 84.7 cm³/mol. The molecule has 0 spiro atoms. The van der Waals surface area contributed by atoms with Crippen molar-refractivity contribution in [3.8, 4) is 5.75 Å². The summed E-state index contributed by atoms with van der Waals surface area (Å²) >= 11 is 0. The molecule has 5 nitrogen and oxygen atoms in total. The average Bonchev–Trinajstić information content (AvgIpc) is 2.46. The number of fused-ring (bicyclic) bond motifs is 1. The predicted octanol–water partition coefficient (Wildman–Crippen LogP) is 2.57. The first-order valence-electron chi connectivity index (χ1n) is 7.06. The van der Waals surface area contributed by atoms with E-state index in [4.69, 9.17) is 4.74 Å². The SMILES string of the molecule is COc1ccc2c(NCCC(=O)NC(C)C)nccc2c1. The lowest BCUT2D eigenvalue weighted by molar-refractivity contribution is -0.121. The quantitative estimate of drug-likeness (QED) is 0.857. The number of hydrogen-bond donors (Lipinski definition) is 2. The fourth-order valence-corrected chi connectivity index (χ4v) is 2.11. The molecule has 5 heteroatoms. The van der Waals surface area contributed by atoms with Crippen molar-refractivity contribution >= 4 is 22.5 Å². The van der Waals surface area contributed by atoms with Crippen LogP contribution in [-0.2, 0) is 4.79 Å². The summed E-state index contributed by atoms with van der Waals surface area (Å²) in [5.41, 5.74) is 0. The van der Waals surface area contributed by atoms with Gasteiger partial charge in [-0.25, -0.2) is 4.98 Å². The van der Waals surface area contributed by atoms with Gasteiger partial charge in [0.15, 0.2) is 0 Å². The Morgan fingerprint density at radius 2 is 2.14 bits per heavy atom. The molecule has 21 heavy (non-hydrogen) atoms. The van der Waals surface area contributed by atoms with Crippen molar-refractivity contribution < 1.29 is 9.53 Å². The maximum atomic E-state index is 11.6. The molecule has 1 amide bonds. The van der Waals surface area contributed by atoms with Crippen molar-refractivity contribution in [2.45, 2.75) is 26.3 Å². The third kappa shape index (κ3) is 4.08. The second-order valence-corrected chi connectivity index (χ2v) is 5.15. The van der Waals surface area contributed by atoms with Crippen LogP contribution in [0.2, 0.25) is 0 Å². The van der Waals surface area contributed by atoms with Gasteiger partial charge in [0, 0.05) is 30.6 Å². The summed E-state index contributed by atoms with van der Waals surface area (Å²) in [6.07, 6.45) is 2.17. The Bertz CT molecular complexity index is 626. The molecule has 0 aliphatic heterocycles. The van der Waals surface area contributed by atoms with Crippen molar-refractivity contribution in [3.05, 3.63) is 30.5 Å². The van der Waals surface area contributed by atoms with Crippen molar-refractivity contribution in [2.75, 3.05) is 19.0 Å². The van der Waals surface area contributed by atoms with Crippen LogP contribution in [0.1, 0.15) is 20.3 Å². The molecule has 0 aliphatic rings. The van der Waals surface area contributed by atoms with Crippen LogP contribution >= 0.6 is 0 Å². The van der Waals surface area contributed by atoms with Crippen LogP contribution in [0, 0.1) is 0 Å². The third-order valence-corrected chi connectivity index (χ3v) is 3.07. The van der Waals surface area contributed by atoms with Gasteiger partial charge in [-0.1, -0.05) is 0 Å². The number of anilines is 1. The average molecular weight is 287 g/mol. The minimum absolute atomic E-state index is 0.0411. The molecular weight excluding hydrogens is 266 g/mol. The van der Waals surface area contributed by atoms with E-state index >= 15 is 0 Å². The summed E-state index contributed by atoms with van der Waals surface area (Å²) < 4.78 is 5.22. The molecule has 0 atom stereocenters. The molecule has 0 fully saturated rings. The minimum atomic E-state index is 0.0411. The Labute approximate surface area is 124 Å². The number of pyridine rings is 1. The first-order valence-corrected chi connectivity index (χ1v) is 7.06. The van der Waals surface area contributed by atoms with E-state index in [1.807, 2.05) is 38.1 Å². The van der Waals surface area contributed by atoms with Crippen LogP contribution in [0.25, 0.3) is 10.8 Å². The molecule has 1 aromatic carbocycles. The molecule has 2 rings (SSSR count). The van der Waals surface area contributed by atoms with E-state index in [1.165, 1.54) is 0 Å². The van der Waals surface area contributed by atoms with E-state index < -0.39 is 0 Å². The van der Waals surface area contributed by atoms with E-state index in [2.05, 4.69) is 15.6 Å². The third-order valence-electron chi connectivity index (χ3n) is 3.07. The van der Waals surface area contributed by atoms with Crippen LogP contribution in [0.5, 0.6) is 5.75 Å². The summed E-state index contributed by atoms with van der Waals surface area (Å²) in [7, 11) is 1.65. The molecule has 0 unspecified atom stereocenters. The molecule has 1 heterocycles. The fourth-order valence-electron chi connectivity index (χ4n) is 2.11. The van der Waals surface area contributed by atoms with Gasteiger partial charge in [0.2, 0.25) is 5.91 Å². The largest absolute Gasteiger partial charge is 0.497 e. The zero-order valence-corrected chi connectivity index (χ0v) is 12.6. The number of carbonyl (C=O) groups is 1. The molecule has 0 saturated heterocycles. The van der Waals surface area contributed by atoms with Crippen LogP contribution < -0.4 is 15.4 Å². The van der Waals surface area contributed by atoms with Crippen LogP contribution in [-0.4, -0.2) is 30.6 Å². The number of methoxy groups -OCH3 is 1. The number of carbonyl (C=O) groups excluding carboxylic acids is 1. The van der Waals surface area contributed by atoms with Gasteiger partial charge >= 0.3 is 0 Å². The monoisotopic (exact) mass is 287 g/mol. The molecule has 0 aliphatic carbocycles. The van der Waals surface area contributed by atoms with Gasteiger partial charge < -0.3 is 15.4 Å². The van der Waals surface area contributed by atoms with Crippen LogP contribution in [0.15, 0.2) is 30.5 Å². The molecule has 2 aromatic rings. The smallest absolute Gasteiger partial charge is 0.221 e. The molecule has 0 bridgehead atoms. The number of amides is 1. The standard InChI is InChI=1S/C16H21N3O2/c1-11(2)19-15(20)7-9-18-16-14-5-4-13(21-3)10-12(14)6-8-17-16/h4-6,8,10-11H,7,9H2,1-3H3,(H,17,18)(H,19,20). The van der Waals surface area contributed by atoms with Gasteiger partial charge in [-0.3, -0.25) is 4.79 Å². The number of aromatic nitrogens is 1. The van der Waals surface area contributed by atoms with E-state index in [0.29, 0.717) is 13.0 Å². The maximum Gasteiger partial charge on any atom is 0.221 e. The highest BCUT2D eigenvalue weighted by Gasteiger charge is 2.06. The van der Waals surface area contributed by atoms with E-state index in [-0.39, 0.29) is 11.9 Å². The number of benzene rings is 1. The maximum absolute atomic E-state index is 11.6. The molecule has 0 radical (unpaired) electrons. The summed E-state index contributed by atoms with van der Waals surface area (Å²) in [6.45, 7) is 4.45. The molecule has 0 saturated carbocycles. The Morgan fingerprint density at radius 3 is 2.86 bits per heavy atom. The van der Waals surface area contributed by atoms with Gasteiger partial charge in [0.05, 0.1) is 7.11 Å². The summed E-state index contributed by atoms with van der Waals surface area (Å²) in [6, 6.07) is 7.95. The number of ether oxygens (including phenoxy) is 1. The van der Waals surface area contributed by atoms with Crippen molar-refractivity contribution in [1.29, 1.82) is 0 Å². The first-order chi connectivity index (χ1) is 10.1. The minimum Gasteiger partial charge on any atom is -0.497 e. The second-order valence-electron chi connectivity index (χ2n) is 5.15. The highest BCUT2D eigenvalue weighted by molar-refractivity contribution is 5.92. The summed E-state index contributed by atoms with van der Waals surface area (Å²) in [5, 5.41) is 8.15. The Balaban J connectivity index is 2.03. The topological polar surface area (TPSA) is 63.2 Å². The van der Waals surface area contributed by atoms with Crippen molar-refractivity contribution in [2.24, 2.45) is 0 Å².